The van der Waals surface area contributed by atoms with Crippen molar-refractivity contribution in [2.45, 2.75) is 70.4 Å². The fraction of sp³-hybridized carbons (Fsp3) is 0.500. The highest BCUT2D eigenvalue weighted by molar-refractivity contribution is 5.44. The van der Waals surface area contributed by atoms with Gasteiger partial charge in [0.2, 0.25) is 0 Å². The van der Waals surface area contributed by atoms with Crippen LogP contribution in [0.2, 0.25) is 0 Å². The third kappa shape index (κ3) is 5.53. The second-order valence-electron chi connectivity index (χ2n) is 9.45. The molecule has 0 saturated heterocycles. The average Bonchev–Trinajstić information content (AvgIpc) is 2.78. The van der Waals surface area contributed by atoms with Gasteiger partial charge < -0.3 is 0 Å². The first-order chi connectivity index (χ1) is 14.9. The number of rotatable bonds is 3. The molecule has 2 aromatic carbocycles. The molecular weight excluding hydrogens is 393 g/mol. The van der Waals surface area contributed by atoms with Gasteiger partial charge in [0.05, 0.1) is 5.56 Å². The normalized spacial score (nSPS) is 25.9. The van der Waals surface area contributed by atoms with E-state index in [0.717, 1.165) is 35.4 Å². The molecule has 164 valence electrons. The zero-order valence-electron chi connectivity index (χ0n) is 18.2. The van der Waals surface area contributed by atoms with E-state index in [4.69, 9.17) is 0 Å². The quantitative estimate of drug-likeness (QED) is 0.436. The Morgan fingerprint density at radius 2 is 1.35 bits per heavy atom. The lowest BCUT2D eigenvalue weighted by atomic mass is 9.63. The van der Waals surface area contributed by atoms with E-state index < -0.39 is 11.7 Å². The van der Waals surface area contributed by atoms with Crippen molar-refractivity contribution in [3.05, 3.63) is 70.8 Å². The van der Waals surface area contributed by atoms with Gasteiger partial charge in [-0.05, 0) is 97.7 Å². The van der Waals surface area contributed by atoms with Crippen molar-refractivity contribution < 1.29 is 13.2 Å². The van der Waals surface area contributed by atoms with E-state index in [1.807, 2.05) is 0 Å². The molecule has 2 fully saturated rings. The van der Waals surface area contributed by atoms with E-state index >= 15 is 0 Å². The molecule has 0 N–H and O–H groups in total. The molecule has 0 heterocycles. The van der Waals surface area contributed by atoms with Crippen LogP contribution in [0, 0.1) is 29.6 Å². The molecule has 31 heavy (non-hydrogen) atoms. The predicted molar refractivity (Wildman–Crippen MR) is 120 cm³/mol. The van der Waals surface area contributed by atoms with Crippen LogP contribution in [0.3, 0.4) is 0 Å². The standard InChI is InChI=1S/C28H31F3/c1-2-3-22-8-13-26-19-25(15-14-24(26)18-22)23-11-6-20(7-12-23)4-5-21-9-16-27(17-10-21)28(29,30)31/h6-7,9-12,16-17,22,24-26H,2-3,8,13-15,18-19H2,1H3/t22?,24-,25-,26-/m1/s1. The summed E-state index contributed by atoms with van der Waals surface area (Å²) in [7, 11) is 0. The smallest absolute Gasteiger partial charge is 0.166 e. The van der Waals surface area contributed by atoms with Crippen molar-refractivity contribution in [2.75, 3.05) is 0 Å². The van der Waals surface area contributed by atoms with E-state index in [-0.39, 0.29) is 0 Å². The Hall–Kier alpha value is -2.21. The van der Waals surface area contributed by atoms with Gasteiger partial charge >= 0.3 is 6.18 Å². The highest BCUT2D eigenvalue weighted by Gasteiger charge is 2.35. The number of hydrogen-bond donors (Lipinski definition) is 0. The van der Waals surface area contributed by atoms with Gasteiger partial charge in [0.1, 0.15) is 0 Å². The molecule has 0 aliphatic heterocycles. The molecule has 3 heteroatoms. The highest BCUT2D eigenvalue weighted by atomic mass is 19.4. The van der Waals surface area contributed by atoms with Gasteiger partial charge in [-0.3, -0.25) is 0 Å². The summed E-state index contributed by atoms with van der Waals surface area (Å²) in [5, 5.41) is 0. The van der Waals surface area contributed by atoms with Crippen LogP contribution in [0.15, 0.2) is 48.5 Å². The van der Waals surface area contributed by atoms with Gasteiger partial charge in [-0.1, -0.05) is 50.2 Å². The largest absolute Gasteiger partial charge is 0.416 e. The van der Waals surface area contributed by atoms with E-state index in [1.165, 1.54) is 69.1 Å². The molecule has 0 nitrogen and oxygen atoms in total. The molecule has 0 bridgehead atoms. The minimum Gasteiger partial charge on any atom is -0.166 e. The van der Waals surface area contributed by atoms with Crippen LogP contribution in [-0.2, 0) is 6.18 Å². The maximum atomic E-state index is 12.7. The Morgan fingerprint density at radius 1 is 0.774 bits per heavy atom. The summed E-state index contributed by atoms with van der Waals surface area (Å²) in [5.41, 5.74) is 2.26. The fourth-order valence-electron chi connectivity index (χ4n) is 5.69. The molecule has 2 saturated carbocycles. The summed E-state index contributed by atoms with van der Waals surface area (Å²) in [6.07, 6.45) is 6.66. The predicted octanol–water partition coefficient (Wildman–Crippen LogP) is 8.21. The highest BCUT2D eigenvalue weighted by Crippen LogP contribution is 2.48. The lowest BCUT2D eigenvalue weighted by molar-refractivity contribution is -0.137. The van der Waals surface area contributed by atoms with Gasteiger partial charge in [-0.25, -0.2) is 0 Å². The molecule has 2 aliphatic rings. The Labute approximate surface area is 184 Å². The molecule has 0 radical (unpaired) electrons. The van der Waals surface area contributed by atoms with Crippen LogP contribution < -0.4 is 0 Å². The summed E-state index contributed by atoms with van der Waals surface area (Å²) < 4.78 is 38.0. The van der Waals surface area contributed by atoms with Crippen molar-refractivity contribution in [2.24, 2.45) is 17.8 Å². The van der Waals surface area contributed by atoms with E-state index in [0.29, 0.717) is 11.5 Å². The summed E-state index contributed by atoms with van der Waals surface area (Å²) in [6.45, 7) is 2.31. The molecule has 0 amide bonds. The SMILES string of the molecule is CCCC1CC[C@@H]2C[C@H](c3ccc(C#Cc4ccc(C(F)(F)F)cc4)cc3)CC[C@@H]2C1. The zero-order chi connectivity index (χ0) is 21.8. The van der Waals surface area contributed by atoms with Gasteiger partial charge in [0.15, 0.2) is 0 Å². The van der Waals surface area contributed by atoms with Crippen LogP contribution in [-0.4, -0.2) is 0 Å². The first-order valence-electron chi connectivity index (χ1n) is 11.7. The minimum absolute atomic E-state index is 0.592. The van der Waals surface area contributed by atoms with Gasteiger partial charge in [0.25, 0.3) is 0 Å². The number of alkyl halides is 3. The van der Waals surface area contributed by atoms with Crippen LogP contribution >= 0.6 is 0 Å². The summed E-state index contributed by atoms with van der Waals surface area (Å²) in [6, 6.07) is 13.5. The minimum atomic E-state index is -4.31. The molecular formula is C28H31F3. The van der Waals surface area contributed by atoms with Crippen molar-refractivity contribution in [3.8, 4) is 11.8 Å². The summed E-state index contributed by atoms with van der Waals surface area (Å²) in [5.74, 6) is 9.50. The Balaban J connectivity index is 1.36. The van der Waals surface area contributed by atoms with Crippen molar-refractivity contribution >= 4 is 0 Å². The number of halogens is 3. The van der Waals surface area contributed by atoms with Crippen LogP contribution in [0.1, 0.15) is 86.5 Å². The first-order valence-corrected chi connectivity index (χ1v) is 11.7. The Kier molecular flexibility index (Phi) is 6.75. The molecule has 4 atom stereocenters. The van der Waals surface area contributed by atoms with Gasteiger partial charge in [-0.2, -0.15) is 13.2 Å². The van der Waals surface area contributed by atoms with Crippen molar-refractivity contribution in [3.63, 3.8) is 0 Å². The van der Waals surface area contributed by atoms with Crippen LogP contribution in [0.25, 0.3) is 0 Å². The maximum absolute atomic E-state index is 12.7. The van der Waals surface area contributed by atoms with E-state index in [2.05, 4.69) is 43.0 Å². The van der Waals surface area contributed by atoms with E-state index in [1.54, 1.807) is 0 Å². The molecule has 4 rings (SSSR count). The third-order valence-electron chi connectivity index (χ3n) is 7.36. The Morgan fingerprint density at radius 3 is 1.97 bits per heavy atom. The summed E-state index contributed by atoms with van der Waals surface area (Å²) >= 11 is 0. The zero-order valence-corrected chi connectivity index (χ0v) is 18.2. The maximum Gasteiger partial charge on any atom is 0.416 e. The number of fused-ring (bicyclic) bond motifs is 1. The van der Waals surface area contributed by atoms with E-state index in [9.17, 15) is 13.2 Å². The summed E-state index contributed by atoms with van der Waals surface area (Å²) in [4.78, 5) is 0. The molecule has 0 spiro atoms. The topological polar surface area (TPSA) is 0 Å². The second-order valence-corrected chi connectivity index (χ2v) is 9.45. The first kappa shape index (κ1) is 22.0. The van der Waals surface area contributed by atoms with Gasteiger partial charge in [-0.15, -0.1) is 0 Å². The monoisotopic (exact) mass is 424 g/mol. The Bertz CT molecular complexity index is 912. The van der Waals surface area contributed by atoms with Crippen LogP contribution in [0.4, 0.5) is 13.2 Å². The molecule has 1 unspecified atom stereocenters. The second kappa shape index (κ2) is 9.51. The molecule has 2 aromatic rings. The number of hydrogen-bond acceptors (Lipinski definition) is 0. The number of benzene rings is 2. The lowest BCUT2D eigenvalue weighted by Crippen LogP contribution is -2.30. The average molecular weight is 425 g/mol. The fourth-order valence-corrected chi connectivity index (χ4v) is 5.69. The molecule has 2 aliphatic carbocycles. The van der Waals surface area contributed by atoms with Crippen molar-refractivity contribution in [1.29, 1.82) is 0 Å². The third-order valence-corrected chi connectivity index (χ3v) is 7.36. The van der Waals surface area contributed by atoms with Crippen LogP contribution in [0.5, 0.6) is 0 Å². The lowest BCUT2D eigenvalue weighted by Gasteiger charge is -2.42. The van der Waals surface area contributed by atoms with Crippen molar-refractivity contribution in [1.82, 2.24) is 0 Å². The molecule has 0 aromatic heterocycles. The van der Waals surface area contributed by atoms with Gasteiger partial charge in [0, 0.05) is 11.1 Å².